The Morgan fingerprint density at radius 1 is 0.395 bits per heavy atom. The Hall–Kier alpha value is -1.06. The normalized spacial score (nSPS) is 11.3. The van der Waals surface area contributed by atoms with Crippen molar-refractivity contribution in [3.05, 3.63) is 6.92 Å². The van der Waals surface area contributed by atoms with Crippen LogP contribution in [0.3, 0.4) is 0 Å². The lowest BCUT2D eigenvalue weighted by atomic mass is 10.0. The molecule has 4 heteroatoms. The van der Waals surface area contributed by atoms with E-state index in [9.17, 15) is 9.59 Å². The second kappa shape index (κ2) is 35.4. The molecule has 0 saturated carbocycles. The van der Waals surface area contributed by atoms with E-state index in [1.807, 2.05) is 0 Å². The summed E-state index contributed by atoms with van der Waals surface area (Å²) < 4.78 is 0. The Balaban J connectivity index is 3.50. The van der Waals surface area contributed by atoms with Crippen LogP contribution in [-0.4, -0.2) is 18.0 Å². The maximum absolute atomic E-state index is 12.3. The van der Waals surface area contributed by atoms with E-state index in [0.717, 1.165) is 25.7 Å². The van der Waals surface area contributed by atoms with Gasteiger partial charge in [-0.05, 0) is 26.2 Å². The molecule has 0 aromatic rings. The first kappa shape index (κ1) is 41.9. The smallest absolute Gasteiger partial charge is 0.221 e. The summed E-state index contributed by atoms with van der Waals surface area (Å²) in [4.78, 5) is 24.7. The van der Waals surface area contributed by atoms with Crippen molar-refractivity contribution < 1.29 is 9.59 Å². The molecule has 0 rings (SSSR count). The summed E-state index contributed by atoms with van der Waals surface area (Å²) in [7, 11) is 0. The first-order valence-corrected chi connectivity index (χ1v) is 19.5. The van der Waals surface area contributed by atoms with Crippen LogP contribution in [0, 0.1) is 6.92 Å². The molecule has 2 N–H and O–H groups in total. The number of hydrogen-bond donors (Lipinski definition) is 2. The Bertz CT molecular complexity index is 532. The van der Waals surface area contributed by atoms with Crippen LogP contribution >= 0.6 is 0 Å². The minimum Gasteiger partial charge on any atom is -0.336 e. The number of hydrogen-bond acceptors (Lipinski definition) is 2. The van der Waals surface area contributed by atoms with Gasteiger partial charge in [-0.2, -0.15) is 0 Å². The maximum Gasteiger partial charge on any atom is 0.221 e. The summed E-state index contributed by atoms with van der Waals surface area (Å²) in [6.45, 7) is 8.48. The number of carbonyl (C=O) groups is 2. The Kier molecular flexibility index (Phi) is 34.5. The predicted octanol–water partition coefficient (Wildman–Crippen LogP) is 12.3. The van der Waals surface area contributed by atoms with Crippen LogP contribution in [-0.2, 0) is 9.59 Å². The number of carbonyl (C=O) groups excluding carboxylic acids is 2. The number of nitrogens with one attached hydrogen (secondary N) is 2. The third-order valence-electron chi connectivity index (χ3n) is 8.97. The molecule has 0 saturated heterocycles. The van der Waals surface area contributed by atoms with Gasteiger partial charge in [0.05, 0.1) is 0 Å². The number of amides is 2. The van der Waals surface area contributed by atoms with E-state index < -0.39 is 0 Å². The molecule has 0 aliphatic carbocycles. The summed E-state index contributed by atoms with van der Waals surface area (Å²) in [6.07, 6.45) is 41.0. The summed E-state index contributed by atoms with van der Waals surface area (Å²) in [5.41, 5.74) is 0. The quantitative estimate of drug-likeness (QED) is 0.0557. The molecule has 0 heterocycles. The third-order valence-corrected chi connectivity index (χ3v) is 8.97. The Morgan fingerprint density at radius 3 is 0.814 bits per heavy atom. The molecule has 43 heavy (non-hydrogen) atoms. The van der Waals surface area contributed by atoms with Crippen molar-refractivity contribution in [2.24, 2.45) is 0 Å². The van der Waals surface area contributed by atoms with Crippen molar-refractivity contribution in [1.82, 2.24) is 10.6 Å². The number of rotatable bonds is 35. The van der Waals surface area contributed by atoms with Crippen molar-refractivity contribution in [3.8, 4) is 0 Å². The monoisotopic (exact) mass is 606 g/mol. The Morgan fingerprint density at radius 2 is 0.605 bits per heavy atom. The highest BCUT2D eigenvalue weighted by atomic mass is 16.2. The highest BCUT2D eigenvalue weighted by molar-refractivity contribution is 5.79. The van der Waals surface area contributed by atoms with Gasteiger partial charge in [0.25, 0.3) is 0 Å². The molecular formula is C39H77N2O2. The van der Waals surface area contributed by atoms with E-state index in [1.165, 1.54) is 167 Å². The molecule has 0 aliphatic rings. The summed E-state index contributed by atoms with van der Waals surface area (Å²) in [5, 5.41) is 5.94. The van der Waals surface area contributed by atoms with Gasteiger partial charge in [-0.3, -0.25) is 9.59 Å². The van der Waals surface area contributed by atoms with Crippen molar-refractivity contribution in [1.29, 1.82) is 0 Å². The van der Waals surface area contributed by atoms with Crippen molar-refractivity contribution in [2.75, 3.05) is 0 Å². The van der Waals surface area contributed by atoms with Gasteiger partial charge in [-0.15, -0.1) is 0 Å². The van der Waals surface area contributed by atoms with Gasteiger partial charge < -0.3 is 10.6 Å². The lowest BCUT2D eigenvalue weighted by Gasteiger charge is -2.18. The largest absolute Gasteiger partial charge is 0.336 e. The van der Waals surface area contributed by atoms with E-state index >= 15 is 0 Å². The molecule has 0 unspecified atom stereocenters. The van der Waals surface area contributed by atoms with Gasteiger partial charge >= 0.3 is 0 Å². The fourth-order valence-corrected chi connectivity index (χ4v) is 6.03. The van der Waals surface area contributed by atoms with Crippen LogP contribution in [0.4, 0.5) is 0 Å². The maximum atomic E-state index is 12.3. The van der Waals surface area contributed by atoms with Crippen molar-refractivity contribution in [3.63, 3.8) is 0 Å². The molecule has 4 nitrogen and oxygen atoms in total. The zero-order valence-corrected chi connectivity index (χ0v) is 29.4. The zero-order valence-electron chi connectivity index (χ0n) is 29.4. The van der Waals surface area contributed by atoms with E-state index in [-0.39, 0.29) is 18.0 Å². The van der Waals surface area contributed by atoms with Crippen LogP contribution in [0.25, 0.3) is 0 Å². The molecule has 0 aromatic heterocycles. The molecule has 0 spiro atoms. The predicted molar refractivity (Wildman–Crippen MR) is 189 cm³/mol. The molecule has 0 aromatic carbocycles. The minimum atomic E-state index is -0.340. The standard InChI is InChI=1S/C39H77N2O2/c1-4-7-9-11-13-15-17-19-21-23-25-27-29-31-33-35-38(42)40-37(6-3)41-39(43)36-34-32-30-28-26-24-22-20-18-16-14-12-10-8-5-2/h37H,3-36H2,1-2H3,(H,40,42)(H,41,43). The van der Waals surface area contributed by atoms with Crippen LogP contribution in [0.2, 0.25) is 0 Å². The highest BCUT2D eigenvalue weighted by Crippen LogP contribution is 2.15. The van der Waals surface area contributed by atoms with Gasteiger partial charge in [-0.1, -0.05) is 194 Å². The van der Waals surface area contributed by atoms with Crippen LogP contribution < -0.4 is 10.6 Å². The lowest BCUT2D eigenvalue weighted by molar-refractivity contribution is -0.124. The van der Waals surface area contributed by atoms with Crippen LogP contribution in [0.5, 0.6) is 0 Å². The van der Waals surface area contributed by atoms with Gasteiger partial charge in [0, 0.05) is 12.8 Å². The van der Waals surface area contributed by atoms with Crippen LogP contribution in [0.1, 0.15) is 226 Å². The average molecular weight is 606 g/mol. The van der Waals surface area contributed by atoms with Gasteiger partial charge in [0.15, 0.2) is 0 Å². The van der Waals surface area contributed by atoms with Gasteiger partial charge in [0.1, 0.15) is 6.17 Å². The van der Waals surface area contributed by atoms with Gasteiger partial charge in [0.2, 0.25) is 11.8 Å². The summed E-state index contributed by atoms with van der Waals surface area (Å²) in [5.74, 6) is 0.0752. The molecule has 255 valence electrons. The first-order valence-electron chi connectivity index (χ1n) is 19.5. The highest BCUT2D eigenvalue weighted by Gasteiger charge is 2.13. The molecule has 0 bridgehead atoms. The molecule has 2 amide bonds. The van der Waals surface area contributed by atoms with E-state index in [2.05, 4.69) is 31.4 Å². The third kappa shape index (κ3) is 33.7. The van der Waals surface area contributed by atoms with Gasteiger partial charge in [-0.25, -0.2) is 0 Å². The minimum absolute atomic E-state index is 0.0376. The summed E-state index contributed by atoms with van der Waals surface area (Å²) in [6, 6.07) is 0. The molecule has 0 fully saturated rings. The lowest BCUT2D eigenvalue weighted by Crippen LogP contribution is -2.47. The van der Waals surface area contributed by atoms with Crippen LogP contribution in [0.15, 0.2) is 0 Å². The van der Waals surface area contributed by atoms with Crippen molar-refractivity contribution >= 4 is 11.8 Å². The second-order valence-electron chi connectivity index (χ2n) is 13.4. The zero-order chi connectivity index (χ0) is 31.5. The SMILES string of the molecule is [CH2]CC(NC(=O)CCCCCCCCCCCCCCCCC)NC(=O)CCCCCCCCCCCCCCCCC. The Labute approximate surface area is 270 Å². The van der Waals surface area contributed by atoms with Crippen molar-refractivity contribution in [2.45, 2.75) is 232 Å². The average Bonchev–Trinajstić information content (AvgIpc) is 3.00. The van der Waals surface area contributed by atoms with E-state index in [4.69, 9.17) is 0 Å². The molecule has 0 aliphatic heterocycles. The fourth-order valence-electron chi connectivity index (χ4n) is 6.03. The topological polar surface area (TPSA) is 58.2 Å². The second-order valence-corrected chi connectivity index (χ2v) is 13.4. The molecular weight excluding hydrogens is 528 g/mol. The first-order chi connectivity index (χ1) is 21.1. The number of unbranched alkanes of at least 4 members (excludes halogenated alkanes) is 28. The van der Waals surface area contributed by atoms with E-state index in [1.54, 1.807) is 0 Å². The molecule has 1 radical (unpaired) electrons. The fraction of sp³-hybridized carbons (Fsp3) is 0.923. The molecule has 0 atom stereocenters. The van der Waals surface area contributed by atoms with E-state index in [0.29, 0.717) is 19.3 Å². The summed E-state index contributed by atoms with van der Waals surface area (Å²) >= 11 is 0.